The third-order valence-electron chi connectivity index (χ3n) is 5.37. The first-order valence-corrected chi connectivity index (χ1v) is 11.4. The number of anilines is 2. The molecule has 4 rings (SSSR count). The minimum absolute atomic E-state index is 0.0339. The Morgan fingerprint density at radius 1 is 1.32 bits per heavy atom. The molecule has 0 saturated carbocycles. The molecule has 3 aromatic heterocycles. The van der Waals surface area contributed by atoms with Crippen molar-refractivity contribution in [1.82, 2.24) is 33.8 Å². The van der Waals surface area contributed by atoms with E-state index < -0.39 is 15.6 Å². The molecule has 0 spiro atoms. The van der Waals surface area contributed by atoms with Crippen molar-refractivity contribution >= 4 is 21.8 Å². The fraction of sp³-hybridized carbons (Fsp3) is 0.421. The van der Waals surface area contributed by atoms with Gasteiger partial charge in [-0.2, -0.15) is 19.8 Å². The second-order valence-corrected chi connectivity index (χ2v) is 9.88. The molecular formula is C19H23N9O2S. The number of hydrogen-bond donors (Lipinski definition) is 1. The van der Waals surface area contributed by atoms with Crippen molar-refractivity contribution in [2.45, 2.75) is 25.8 Å². The molecule has 1 aliphatic rings. The van der Waals surface area contributed by atoms with Crippen LogP contribution in [0.25, 0.3) is 11.3 Å². The van der Waals surface area contributed by atoms with Crippen molar-refractivity contribution in [3.05, 3.63) is 36.4 Å². The van der Waals surface area contributed by atoms with Crippen molar-refractivity contribution in [3.63, 3.8) is 0 Å². The molecule has 1 saturated heterocycles. The molecule has 0 amide bonds. The molecule has 1 fully saturated rings. The Morgan fingerprint density at radius 3 is 2.74 bits per heavy atom. The highest BCUT2D eigenvalue weighted by atomic mass is 32.2. The van der Waals surface area contributed by atoms with Gasteiger partial charge < -0.3 is 5.32 Å². The lowest BCUT2D eigenvalue weighted by molar-refractivity contribution is 0.0719. The molecule has 0 radical (unpaired) electrons. The predicted molar refractivity (Wildman–Crippen MR) is 114 cm³/mol. The van der Waals surface area contributed by atoms with Crippen LogP contribution in [0.4, 0.5) is 11.8 Å². The summed E-state index contributed by atoms with van der Waals surface area (Å²) in [5, 5.41) is 21.1. The van der Waals surface area contributed by atoms with Gasteiger partial charge in [0.25, 0.3) is 0 Å². The SMILES string of the molecule is CCS(=O)(=O)N1CC(CC#N)(n2cc(-c3nc(Nc4ccn(C)n4)ncc3C)cn2)C1. The fourth-order valence-electron chi connectivity index (χ4n) is 3.57. The van der Waals surface area contributed by atoms with Crippen LogP contribution in [-0.2, 0) is 22.6 Å². The van der Waals surface area contributed by atoms with Gasteiger partial charge in [0.1, 0.15) is 5.54 Å². The van der Waals surface area contributed by atoms with E-state index in [2.05, 4.69) is 31.6 Å². The number of aryl methyl sites for hydroxylation is 2. The minimum atomic E-state index is -3.30. The van der Waals surface area contributed by atoms with E-state index in [-0.39, 0.29) is 25.3 Å². The maximum atomic E-state index is 12.1. The van der Waals surface area contributed by atoms with E-state index in [1.807, 2.05) is 32.4 Å². The Balaban J connectivity index is 1.61. The third kappa shape index (κ3) is 3.89. The van der Waals surface area contributed by atoms with Gasteiger partial charge >= 0.3 is 0 Å². The number of nitriles is 1. The quantitative estimate of drug-likeness (QED) is 0.581. The van der Waals surface area contributed by atoms with Crippen LogP contribution in [0.1, 0.15) is 18.9 Å². The summed E-state index contributed by atoms with van der Waals surface area (Å²) in [6.07, 6.45) is 7.19. The van der Waals surface area contributed by atoms with Crippen LogP contribution >= 0.6 is 0 Å². The number of sulfonamides is 1. The van der Waals surface area contributed by atoms with Crippen LogP contribution in [0, 0.1) is 18.3 Å². The summed E-state index contributed by atoms with van der Waals surface area (Å²) in [6, 6.07) is 3.99. The molecule has 162 valence electrons. The molecule has 4 heterocycles. The van der Waals surface area contributed by atoms with Crippen molar-refractivity contribution in [1.29, 1.82) is 5.26 Å². The number of nitrogens with zero attached hydrogens (tertiary/aromatic N) is 8. The van der Waals surface area contributed by atoms with E-state index in [1.54, 1.807) is 28.7 Å². The second-order valence-electron chi connectivity index (χ2n) is 7.63. The number of rotatable bonds is 7. The molecule has 0 atom stereocenters. The van der Waals surface area contributed by atoms with Gasteiger partial charge in [0.15, 0.2) is 5.82 Å². The van der Waals surface area contributed by atoms with E-state index in [0.29, 0.717) is 17.5 Å². The molecule has 0 unspecified atom stereocenters. The largest absolute Gasteiger partial charge is 0.307 e. The lowest BCUT2D eigenvalue weighted by Crippen LogP contribution is -2.64. The van der Waals surface area contributed by atoms with E-state index in [0.717, 1.165) is 11.1 Å². The second kappa shape index (κ2) is 7.75. The molecule has 0 aliphatic carbocycles. The summed E-state index contributed by atoms with van der Waals surface area (Å²) in [6.45, 7) is 3.97. The third-order valence-corrected chi connectivity index (χ3v) is 7.15. The van der Waals surface area contributed by atoms with Gasteiger partial charge in [0.05, 0.1) is 30.1 Å². The summed E-state index contributed by atoms with van der Waals surface area (Å²) < 4.78 is 29.1. The van der Waals surface area contributed by atoms with Gasteiger partial charge in [-0.3, -0.25) is 9.36 Å². The van der Waals surface area contributed by atoms with Gasteiger partial charge in [-0.1, -0.05) is 0 Å². The van der Waals surface area contributed by atoms with Gasteiger partial charge in [-0.25, -0.2) is 18.4 Å². The molecule has 11 nitrogen and oxygen atoms in total. The molecule has 1 N–H and O–H groups in total. The normalized spacial score (nSPS) is 15.9. The molecule has 31 heavy (non-hydrogen) atoms. The summed E-state index contributed by atoms with van der Waals surface area (Å²) in [7, 11) is -1.47. The Hall–Kier alpha value is -3.30. The first kappa shape index (κ1) is 21.0. The van der Waals surface area contributed by atoms with Gasteiger partial charge in [-0.05, 0) is 19.4 Å². The molecule has 12 heteroatoms. The topological polar surface area (TPSA) is 135 Å². The highest BCUT2D eigenvalue weighted by Crippen LogP contribution is 2.35. The van der Waals surface area contributed by atoms with Crippen molar-refractivity contribution in [2.75, 3.05) is 24.2 Å². The van der Waals surface area contributed by atoms with Gasteiger partial charge in [0, 0.05) is 50.4 Å². The van der Waals surface area contributed by atoms with Crippen molar-refractivity contribution < 1.29 is 8.42 Å². The molecule has 1 aliphatic heterocycles. The van der Waals surface area contributed by atoms with Gasteiger partial charge in [0.2, 0.25) is 16.0 Å². The van der Waals surface area contributed by atoms with Gasteiger partial charge in [-0.15, -0.1) is 0 Å². The number of aromatic nitrogens is 6. The maximum Gasteiger partial charge on any atom is 0.228 e. The Labute approximate surface area is 180 Å². The highest BCUT2D eigenvalue weighted by molar-refractivity contribution is 7.89. The van der Waals surface area contributed by atoms with Crippen LogP contribution in [0.2, 0.25) is 0 Å². The molecule has 0 aromatic carbocycles. The van der Waals surface area contributed by atoms with Crippen LogP contribution in [0.15, 0.2) is 30.9 Å². The van der Waals surface area contributed by atoms with Crippen molar-refractivity contribution in [2.24, 2.45) is 7.05 Å². The van der Waals surface area contributed by atoms with Crippen LogP contribution < -0.4 is 5.32 Å². The lowest BCUT2D eigenvalue weighted by atomic mass is 9.89. The first-order valence-electron chi connectivity index (χ1n) is 9.77. The van der Waals surface area contributed by atoms with Crippen LogP contribution in [-0.4, -0.2) is 61.1 Å². The summed E-state index contributed by atoms with van der Waals surface area (Å²) in [5.74, 6) is 1.07. The fourth-order valence-corrected chi connectivity index (χ4v) is 4.81. The maximum absolute atomic E-state index is 12.1. The Kier molecular flexibility index (Phi) is 5.24. The van der Waals surface area contributed by atoms with E-state index in [1.165, 1.54) is 4.31 Å². The minimum Gasteiger partial charge on any atom is -0.307 e. The molecule has 0 bridgehead atoms. The summed E-state index contributed by atoms with van der Waals surface area (Å²) >= 11 is 0. The number of nitrogens with one attached hydrogen (secondary N) is 1. The summed E-state index contributed by atoms with van der Waals surface area (Å²) in [4.78, 5) is 8.92. The smallest absolute Gasteiger partial charge is 0.228 e. The lowest BCUT2D eigenvalue weighted by Gasteiger charge is -2.47. The highest BCUT2D eigenvalue weighted by Gasteiger charge is 2.49. The first-order chi connectivity index (χ1) is 14.8. The number of hydrogen-bond acceptors (Lipinski definition) is 8. The average Bonchev–Trinajstić information content (AvgIpc) is 3.35. The zero-order chi connectivity index (χ0) is 22.2. The van der Waals surface area contributed by atoms with E-state index in [4.69, 9.17) is 0 Å². The zero-order valence-corrected chi connectivity index (χ0v) is 18.3. The zero-order valence-electron chi connectivity index (χ0n) is 17.5. The van der Waals surface area contributed by atoms with E-state index >= 15 is 0 Å². The average molecular weight is 442 g/mol. The standard InChI is InChI=1S/C19H23N9O2S/c1-4-31(29,30)27-12-19(13-27,6-7-20)28-11-15(10-22-28)17-14(2)9-21-18(24-17)23-16-5-8-26(3)25-16/h5,8-11H,4,6,12-13H2,1-3H3,(H,21,23,24,25). The molecular weight excluding hydrogens is 418 g/mol. The predicted octanol–water partition coefficient (Wildman–Crippen LogP) is 1.40. The summed E-state index contributed by atoms with van der Waals surface area (Å²) in [5.41, 5.74) is 1.65. The van der Waals surface area contributed by atoms with Crippen LogP contribution in [0.3, 0.4) is 0 Å². The van der Waals surface area contributed by atoms with Crippen LogP contribution in [0.5, 0.6) is 0 Å². The van der Waals surface area contributed by atoms with E-state index in [9.17, 15) is 13.7 Å². The molecule has 3 aromatic rings. The Morgan fingerprint density at radius 2 is 2.10 bits per heavy atom. The van der Waals surface area contributed by atoms with Crippen molar-refractivity contribution in [3.8, 4) is 17.3 Å². The Bertz CT molecular complexity index is 1250. The monoisotopic (exact) mass is 441 g/mol.